The zero-order valence-electron chi connectivity index (χ0n) is 16.9. The van der Waals surface area contributed by atoms with Gasteiger partial charge in [0.1, 0.15) is 0 Å². The summed E-state index contributed by atoms with van der Waals surface area (Å²) in [5.74, 6) is -0.0625. The van der Waals surface area contributed by atoms with Crippen LogP contribution in [0.15, 0.2) is 78.8 Å². The Morgan fingerprint density at radius 3 is 2.61 bits per heavy atom. The molecule has 0 aliphatic heterocycles. The zero-order valence-corrected chi connectivity index (χ0v) is 20.1. The number of aromatic nitrogens is 2. The number of carbonyl (C=O) groups is 1. The number of fused-ring (bicyclic) bond motifs is 4. The number of hydrogen-bond donors (Lipinski definition) is 1. The van der Waals surface area contributed by atoms with E-state index in [4.69, 9.17) is 10.1 Å². The van der Waals surface area contributed by atoms with E-state index >= 15 is 0 Å². The first kappa shape index (κ1) is 22.8. The monoisotopic (exact) mass is 604 g/mol. The molecule has 3 heterocycles. The van der Waals surface area contributed by atoms with Gasteiger partial charge in [-0.05, 0) is 47.1 Å². The van der Waals surface area contributed by atoms with E-state index in [1.54, 1.807) is 11.3 Å². The van der Waals surface area contributed by atoms with Crippen molar-refractivity contribution in [2.75, 3.05) is 0 Å². The van der Waals surface area contributed by atoms with Gasteiger partial charge in [0.2, 0.25) is 0 Å². The molecule has 3 aromatic heterocycles. The van der Waals surface area contributed by atoms with Gasteiger partial charge in [-0.3, -0.25) is 14.8 Å². The molecule has 0 bridgehead atoms. The number of aliphatic hydroxyl groups excluding tert-OH is 1. The number of hydrogen-bond acceptors (Lipinski definition) is 5. The smallest absolute Gasteiger partial charge is 0.155 e. The first-order valence-corrected chi connectivity index (χ1v) is 10.3. The maximum absolute atomic E-state index is 10.0. The first-order valence-electron chi connectivity index (χ1n) is 9.44. The van der Waals surface area contributed by atoms with Gasteiger partial charge in [-0.2, -0.15) is 11.3 Å². The van der Waals surface area contributed by atoms with Crippen LogP contribution in [0.4, 0.5) is 0 Å². The fourth-order valence-electron chi connectivity index (χ4n) is 3.29. The average molecular weight is 604 g/mol. The molecule has 0 unspecified atom stereocenters. The van der Waals surface area contributed by atoms with E-state index in [0.717, 1.165) is 22.2 Å². The molecule has 157 valence electrons. The van der Waals surface area contributed by atoms with Crippen LogP contribution in [0.5, 0.6) is 0 Å². The van der Waals surface area contributed by atoms with Crippen LogP contribution in [0.2, 0.25) is 0 Å². The molecule has 0 spiro atoms. The molecule has 1 N–H and O–H groups in total. The number of nitrogens with zero attached hydrogens (tertiary/aromatic N) is 2. The molecule has 4 nitrogen and oxygen atoms in total. The number of rotatable bonds is 2. The van der Waals surface area contributed by atoms with E-state index in [0.29, 0.717) is 0 Å². The van der Waals surface area contributed by atoms with Crippen molar-refractivity contribution in [1.29, 1.82) is 0 Å². The van der Waals surface area contributed by atoms with Gasteiger partial charge in [0.05, 0.1) is 11.3 Å². The van der Waals surface area contributed by atoms with E-state index < -0.39 is 0 Å². The van der Waals surface area contributed by atoms with Crippen LogP contribution in [0.25, 0.3) is 42.3 Å². The van der Waals surface area contributed by atoms with Gasteiger partial charge < -0.3 is 5.11 Å². The Morgan fingerprint density at radius 2 is 1.87 bits per heavy atom. The van der Waals surface area contributed by atoms with Crippen molar-refractivity contribution < 1.29 is 30.0 Å². The Labute approximate surface area is 197 Å². The Morgan fingerprint density at radius 1 is 1.06 bits per heavy atom. The molecule has 0 amide bonds. The van der Waals surface area contributed by atoms with Crippen molar-refractivity contribution in [3.8, 4) is 11.3 Å². The Hall–Kier alpha value is -2.92. The number of para-hydroxylation sites is 1. The quantitative estimate of drug-likeness (QED) is 0.142. The number of thiophene rings is 1. The van der Waals surface area contributed by atoms with Crippen LogP contribution in [0.1, 0.15) is 13.8 Å². The molecule has 1 radical (unpaired) electrons. The predicted octanol–water partition coefficient (Wildman–Crippen LogP) is 6.50. The van der Waals surface area contributed by atoms with E-state index in [-0.39, 0.29) is 31.6 Å². The third-order valence-electron chi connectivity index (χ3n) is 4.50. The Kier molecular flexibility index (Phi) is 7.29. The summed E-state index contributed by atoms with van der Waals surface area (Å²) >= 11 is 1.75. The summed E-state index contributed by atoms with van der Waals surface area (Å²) in [7, 11) is 0. The molecule has 31 heavy (non-hydrogen) atoms. The normalized spacial score (nSPS) is 11.1. The van der Waals surface area contributed by atoms with Crippen LogP contribution in [0.3, 0.4) is 0 Å². The molecule has 0 aliphatic rings. The van der Waals surface area contributed by atoms with E-state index in [2.05, 4.69) is 41.4 Å². The van der Waals surface area contributed by atoms with Crippen molar-refractivity contribution in [1.82, 2.24) is 9.97 Å². The summed E-state index contributed by atoms with van der Waals surface area (Å²) in [4.78, 5) is 19.1. The summed E-state index contributed by atoms with van der Waals surface area (Å²) in [6.07, 6.45) is 4.94. The van der Waals surface area contributed by atoms with Gasteiger partial charge >= 0.3 is 0 Å². The second kappa shape index (κ2) is 9.92. The molecule has 0 saturated heterocycles. The third kappa shape index (κ3) is 5.05. The Bertz CT molecular complexity index is 1400. The first-order chi connectivity index (χ1) is 14.5. The minimum Gasteiger partial charge on any atom is -0.512 e. The summed E-state index contributed by atoms with van der Waals surface area (Å²) < 4.78 is 2.42. The average Bonchev–Trinajstić information content (AvgIpc) is 3.12. The SMILES string of the molecule is CC(=O)/C=C(/C)O.[Ir].[c-]1ccc2c(sc3cnccc32)c1-c1ccc2ccccc2n1. The van der Waals surface area contributed by atoms with Gasteiger partial charge in [-0.15, -0.1) is 23.8 Å². The summed E-state index contributed by atoms with van der Waals surface area (Å²) in [6, 6.07) is 22.0. The number of allylic oxidation sites excluding steroid dienone is 2. The second-order valence-electron chi connectivity index (χ2n) is 6.85. The van der Waals surface area contributed by atoms with Gasteiger partial charge in [0.15, 0.2) is 5.78 Å². The van der Waals surface area contributed by atoms with Crippen molar-refractivity contribution in [2.45, 2.75) is 13.8 Å². The molecular weight excluding hydrogens is 585 g/mol. The van der Waals surface area contributed by atoms with Gasteiger partial charge in [0.25, 0.3) is 0 Å². The molecule has 5 aromatic rings. The van der Waals surface area contributed by atoms with Crippen LogP contribution in [0, 0.1) is 6.07 Å². The number of carbonyl (C=O) groups excluding carboxylic acids is 1. The maximum Gasteiger partial charge on any atom is 0.155 e. The zero-order chi connectivity index (χ0) is 21.1. The molecule has 0 atom stereocenters. The van der Waals surface area contributed by atoms with E-state index in [1.165, 1.54) is 40.1 Å². The van der Waals surface area contributed by atoms with Crippen LogP contribution in [-0.2, 0) is 24.9 Å². The van der Waals surface area contributed by atoms with E-state index in [9.17, 15) is 4.79 Å². The minimum atomic E-state index is -0.125. The second-order valence-corrected chi connectivity index (χ2v) is 7.91. The van der Waals surface area contributed by atoms with Crippen molar-refractivity contribution in [3.05, 3.63) is 84.9 Å². The number of aliphatic hydroxyl groups is 1. The molecule has 5 rings (SSSR count). The van der Waals surface area contributed by atoms with Crippen molar-refractivity contribution >= 4 is 48.2 Å². The van der Waals surface area contributed by atoms with Crippen LogP contribution in [-0.4, -0.2) is 20.9 Å². The number of benzene rings is 2. The predicted molar refractivity (Wildman–Crippen MR) is 124 cm³/mol. The van der Waals surface area contributed by atoms with Crippen molar-refractivity contribution in [3.63, 3.8) is 0 Å². The summed E-state index contributed by atoms with van der Waals surface area (Å²) in [5, 5.41) is 12.0. The van der Waals surface area contributed by atoms with Crippen LogP contribution < -0.4 is 0 Å². The van der Waals surface area contributed by atoms with Crippen molar-refractivity contribution in [2.24, 2.45) is 0 Å². The standard InChI is InChI=1S/C20H11N2S.C5H8O2.Ir/c1-2-7-17-13(4-1)8-9-18(22-17)16-6-3-5-15-14-10-11-21-12-19(14)23-20(15)16;1-4(6)3-5(2)7;/h1-5,7-12H;3,6H,1-2H3;/q-1;;/b;4-3-;. The summed E-state index contributed by atoms with van der Waals surface area (Å²) in [6.45, 7) is 2.85. The topological polar surface area (TPSA) is 63.1 Å². The molecule has 0 fully saturated rings. The van der Waals surface area contributed by atoms with E-state index in [1.807, 2.05) is 36.7 Å². The van der Waals surface area contributed by atoms with Gasteiger partial charge in [-0.1, -0.05) is 35.7 Å². The van der Waals surface area contributed by atoms with Gasteiger partial charge in [-0.25, -0.2) is 0 Å². The number of ketones is 1. The Balaban J connectivity index is 0.000000299. The largest absolute Gasteiger partial charge is 0.512 e. The van der Waals surface area contributed by atoms with Gasteiger partial charge in [0, 0.05) is 43.3 Å². The molecule has 0 saturated carbocycles. The molecule has 6 heteroatoms. The molecule has 2 aromatic carbocycles. The maximum atomic E-state index is 10.0. The molecule has 0 aliphatic carbocycles. The minimum absolute atomic E-state index is 0. The van der Waals surface area contributed by atoms with Crippen LogP contribution >= 0.6 is 11.3 Å². The number of pyridine rings is 2. The molecular formula is C25H19IrN2O2S-. The third-order valence-corrected chi connectivity index (χ3v) is 5.68. The fraction of sp³-hybridized carbons (Fsp3) is 0.0800. The summed E-state index contributed by atoms with van der Waals surface area (Å²) in [5.41, 5.74) is 3.04. The fourth-order valence-corrected chi connectivity index (χ4v) is 4.46.